The van der Waals surface area contributed by atoms with Gasteiger partial charge < -0.3 is 27.0 Å². The average Bonchev–Trinajstić information content (AvgIpc) is 3.22. The zero-order chi connectivity index (χ0) is 31.3. The summed E-state index contributed by atoms with van der Waals surface area (Å²) < 4.78 is 0. The van der Waals surface area contributed by atoms with Gasteiger partial charge in [0.25, 0.3) is 0 Å². The van der Waals surface area contributed by atoms with Gasteiger partial charge in [-0.1, -0.05) is 57.5 Å². The van der Waals surface area contributed by atoms with Gasteiger partial charge in [0.05, 0.1) is 25.6 Å². The summed E-state index contributed by atoms with van der Waals surface area (Å²) in [6, 6.07) is 7.93. The molecule has 6 N–H and O–H groups in total. The molecule has 13 nitrogen and oxygen atoms in total. The predicted molar refractivity (Wildman–Crippen MR) is 153 cm³/mol. The van der Waals surface area contributed by atoms with Gasteiger partial charge in [0.2, 0.25) is 41.4 Å². The van der Waals surface area contributed by atoms with Crippen molar-refractivity contribution in [3.63, 3.8) is 0 Å². The van der Waals surface area contributed by atoms with Crippen molar-refractivity contribution in [1.29, 1.82) is 0 Å². The van der Waals surface area contributed by atoms with Crippen LogP contribution in [0.1, 0.15) is 58.4 Å². The van der Waals surface area contributed by atoms with Crippen LogP contribution in [-0.2, 0) is 40.0 Å². The molecule has 1 unspecified atom stereocenters. The van der Waals surface area contributed by atoms with E-state index in [0.717, 1.165) is 5.56 Å². The zero-order valence-corrected chi connectivity index (χ0v) is 24.5. The molecule has 13 heteroatoms. The summed E-state index contributed by atoms with van der Waals surface area (Å²) in [6.45, 7) is 5.02. The molecule has 0 aromatic heterocycles. The third-order valence-electron chi connectivity index (χ3n) is 6.84. The Kier molecular flexibility index (Phi) is 13.1. The number of nitrogens with two attached hydrogens (primary N) is 1. The minimum Gasteiger partial charge on any atom is -0.368 e. The number of rotatable bonds is 16. The molecular weight excluding hydrogens is 544 g/mol. The molecule has 0 radical (unpaired) electrons. The number of hydrogen-bond acceptors (Lipinski definition) is 7. The van der Waals surface area contributed by atoms with Crippen LogP contribution >= 0.6 is 0 Å². The standard InChI is InChI=1S/C29H42N6O7/c1-29(2,3)20-15-26(40)35(28(20)42)13-9-5-8-12-23(37)31-17-24(38)32-18-25(39)34-21(27(41)33-16-22(30)36)14-19-10-6-4-7-11-19/h4,6-7,10-11,20-21H,5,8-9,12-18H2,1-3H3,(H2,30,36)(H,31,37)(H,32,38)(H,33,41)(H,34,39)/t20?,21-/m0/s1. The van der Waals surface area contributed by atoms with Crippen molar-refractivity contribution >= 4 is 41.4 Å². The first kappa shape index (κ1) is 33.9. The second-order valence-electron chi connectivity index (χ2n) is 11.4. The lowest BCUT2D eigenvalue weighted by Crippen LogP contribution is -2.52. The quantitative estimate of drug-likeness (QED) is 0.127. The van der Waals surface area contributed by atoms with Crippen molar-refractivity contribution in [2.75, 3.05) is 26.2 Å². The van der Waals surface area contributed by atoms with E-state index in [0.29, 0.717) is 25.8 Å². The Labute approximate surface area is 245 Å². The molecule has 1 aliphatic heterocycles. The monoisotopic (exact) mass is 586 g/mol. The molecule has 1 heterocycles. The van der Waals surface area contributed by atoms with Gasteiger partial charge in [-0.25, -0.2) is 0 Å². The highest BCUT2D eigenvalue weighted by molar-refractivity contribution is 6.03. The van der Waals surface area contributed by atoms with Crippen LogP contribution in [0.2, 0.25) is 0 Å². The molecule has 2 rings (SSSR count). The summed E-state index contributed by atoms with van der Waals surface area (Å²) in [5, 5.41) is 9.76. The van der Waals surface area contributed by atoms with E-state index in [9.17, 15) is 33.6 Å². The van der Waals surface area contributed by atoms with Crippen LogP contribution in [0.5, 0.6) is 0 Å². The number of unbranched alkanes of at least 4 members (excludes halogenated alkanes) is 2. The lowest BCUT2D eigenvalue weighted by molar-refractivity contribution is -0.140. The molecule has 0 aliphatic carbocycles. The maximum absolute atomic E-state index is 12.5. The Hall–Kier alpha value is -4.29. The third kappa shape index (κ3) is 11.7. The number of imide groups is 1. The third-order valence-corrected chi connectivity index (χ3v) is 6.84. The van der Waals surface area contributed by atoms with Gasteiger partial charge in [0.1, 0.15) is 6.04 Å². The number of nitrogens with one attached hydrogen (secondary N) is 4. The second kappa shape index (κ2) is 16.2. The van der Waals surface area contributed by atoms with Gasteiger partial charge in [-0.15, -0.1) is 0 Å². The minimum absolute atomic E-state index is 0.136. The average molecular weight is 587 g/mol. The topological polar surface area (TPSA) is 197 Å². The van der Waals surface area contributed by atoms with Crippen LogP contribution in [0.25, 0.3) is 0 Å². The maximum Gasteiger partial charge on any atom is 0.243 e. The van der Waals surface area contributed by atoms with E-state index >= 15 is 0 Å². The SMILES string of the molecule is CC(C)(C)C1CC(=O)N(CCCCCC(=O)NCC(=O)NCC(=O)N[C@@H](Cc2ccccc2)C(=O)NCC(N)=O)C1=O. The number of hydrogen-bond donors (Lipinski definition) is 5. The fraction of sp³-hybridized carbons (Fsp3) is 0.552. The van der Waals surface area contributed by atoms with E-state index < -0.39 is 36.2 Å². The second-order valence-corrected chi connectivity index (χ2v) is 11.4. The first-order chi connectivity index (χ1) is 19.8. The van der Waals surface area contributed by atoms with Crippen LogP contribution in [0.4, 0.5) is 0 Å². The Morgan fingerprint density at radius 3 is 2.14 bits per heavy atom. The van der Waals surface area contributed by atoms with Crippen LogP contribution < -0.4 is 27.0 Å². The molecular formula is C29H42N6O7. The number of carbonyl (C=O) groups excluding carboxylic acids is 7. The summed E-state index contributed by atoms with van der Waals surface area (Å²) >= 11 is 0. The Morgan fingerprint density at radius 2 is 1.52 bits per heavy atom. The molecule has 0 bridgehead atoms. The fourth-order valence-electron chi connectivity index (χ4n) is 4.44. The fourth-order valence-corrected chi connectivity index (χ4v) is 4.44. The molecule has 1 saturated heterocycles. The van der Waals surface area contributed by atoms with Crippen molar-refractivity contribution in [2.24, 2.45) is 17.1 Å². The minimum atomic E-state index is -1.00. The highest BCUT2D eigenvalue weighted by Crippen LogP contribution is 2.35. The first-order valence-corrected chi connectivity index (χ1v) is 14.0. The van der Waals surface area contributed by atoms with Gasteiger partial charge in [0, 0.05) is 25.8 Å². The van der Waals surface area contributed by atoms with E-state index in [1.165, 1.54) is 4.90 Å². The molecule has 42 heavy (non-hydrogen) atoms. The molecule has 2 atom stereocenters. The number of nitrogens with zero attached hydrogens (tertiary/aromatic N) is 1. The molecule has 0 saturated carbocycles. The highest BCUT2D eigenvalue weighted by atomic mass is 16.2. The number of amides is 7. The summed E-state index contributed by atoms with van der Waals surface area (Å²) in [5.41, 5.74) is 5.57. The van der Waals surface area contributed by atoms with Crippen molar-refractivity contribution in [2.45, 2.75) is 65.3 Å². The maximum atomic E-state index is 12.5. The van der Waals surface area contributed by atoms with E-state index in [4.69, 9.17) is 5.73 Å². The number of carbonyl (C=O) groups is 7. The molecule has 230 valence electrons. The Balaban J connectivity index is 1.66. The normalized spacial score (nSPS) is 15.6. The van der Waals surface area contributed by atoms with E-state index in [1.54, 1.807) is 24.3 Å². The molecule has 1 fully saturated rings. The van der Waals surface area contributed by atoms with Crippen molar-refractivity contribution in [1.82, 2.24) is 26.2 Å². The summed E-state index contributed by atoms with van der Waals surface area (Å²) in [4.78, 5) is 86.2. The zero-order valence-electron chi connectivity index (χ0n) is 24.5. The Morgan fingerprint density at radius 1 is 0.881 bits per heavy atom. The summed E-state index contributed by atoms with van der Waals surface area (Å²) in [5.74, 6) is -3.49. The number of primary amides is 1. The molecule has 0 spiro atoms. The predicted octanol–water partition coefficient (Wildman–Crippen LogP) is -0.471. The summed E-state index contributed by atoms with van der Waals surface area (Å²) in [7, 11) is 0. The Bertz CT molecular complexity index is 1150. The number of benzene rings is 1. The van der Waals surface area contributed by atoms with E-state index in [-0.39, 0.29) is 61.4 Å². The summed E-state index contributed by atoms with van der Waals surface area (Å²) in [6.07, 6.45) is 2.30. The molecule has 7 amide bonds. The van der Waals surface area contributed by atoms with Crippen LogP contribution in [-0.4, -0.2) is 78.5 Å². The van der Waals surface area contributed by atoms with Crippen molar-refractivity contribution in [3.05, 3.63) is 35.9 Å². The van der Waals surface area contributed by atoms with Crippen LogP contribution in [0, 0.1) is 11.3 Å². The molecule has 1 aromatic rings. The van der Waals surface area contributed by atoms with Gasteiger partial charge in [-0.2, -0.15) is 0 Å². The van der Waals surface area contributed by atoms with Gasteiger partial charge >= 0.3 is 0 Å². The van der Waals surface area contributed by atoms with Gasteiger partial charge in [0.15, 0.2) is 0 Å². The number of likely N-dealkylation sites (tertiary alicyclic amines) is 1. The van der Waals surface area contributed by atoms with Crippen molar-refractivity contribution in [3.8, 4) is 0 Å². The highest BCUT2D eigenvalue weighted by Gasteiger charge is 2.44. The smallest absolute Gasteiger partial charge is 0.243 e. The van der Waals surface area contributed by atoms with E-state index in [2.05, 4.69) is 21.3 Å². The van der Waals surface area contributed by atoms with Crippen LogP contribution in [0.15, 0.2) is 30.3 Å². The molecule has 1 aromatic carbocycles. The first-order valence-electron chi connectivity index (χ1n) is 14.0. The van der Waals surface area contributed by atoms with Gasteiger partial charge in [-0.3, -0.25) is 38.5 Å². The lowest BCUT2D eigenvalue weighted by atomic mass is 9.80. The largest absolute Gasteiger partial charge is 0.368 e. The van der Waals surface area contributed by atoms with E-state index in [1.807, 2.05) is 26.8 Å². The lowest BCUT2D eigenvalue weighted by Gasteiger charge is -2.24. The molecule has 1 aliphatic rings. The van der Waals surface area contributed by atoms with Gasteiger partial charge in [-0.05, 0) is 23.8 Å². The van der Waals surface area contributed by atoms with Crippen LogP contribution in [0.3, 0.4) is 0 Å². The van der Waals surface area contributed by atoms with Crippen molar-refractivity contribution < 1.29 is 33.6 Å².